The number of hydrogen-bond acceptors (Lipinski definition) is 4. The summed E-state index contributed by atoms with van der Waals surface area (Å²) in [4.78, 5) is 27.5. The summed E-state index contributed by atoms with van der Waals surface area (Å²) in [6, 6.07) is 10.7. The van der Waals surface area contributed by atoms with Crippen LogP contribution in [-0.2, 0) is 26.2 Å². The normalized spacial score (nSPS) is 12.4. The van der Waals surface area contributed by atoms with Gasteiger partial charge in [-0.2, -0.15) is 0 Å². The van der Waals surface area contributed by atoms with Crippen molar-refractivity contribution in [1.82, 2.24) is 10.2 Å². The van der Waals surface area contributed by atoms with Gasteiger partial charge in [0.1, 0.15) is 12.6 Å². The molecule has 1 atom stereocenters. The Kier molecular flexibility index (Phi) is 9.60. The second-order valence-electron chi connectivity index (χ2n) is 7.86. The number of nitrogens with one attached hydrogen (secondary N) is 1. The summed E-state index contributed by atoms with van der Waals surface area (Å²) >= 11 is 15.4. The first-order valence-electron chi connectivity index (χ1n) is 10.1. The number of benzene rings is 2. The second-order valence-corrected chi connectivity index (χ2v) is 11.5. The fourth-order valence-corrected chi connectivity index (χ4v) is 4.43. The number of sulfonamides is 1. The van der Waals surface area contributed by atoms with Crippen molar-refractivity contribution in [3.63, 3.8) is 0 Å². The molecule has 0 spiro atoms. The van der Waals surface area contributed by atoms with Crippen LogP contribution in [0.2, 0.25) is 10.0 Å². The first-order chi connectivity index (χ1) is 15.3. The van der Waals surface area contributed by atoms with Crippen molar-refractivity contribution in [2.75, 3.05) is 17.1 Å². The van der Waals surface area contributed by atoms with Crippen LogP contribution >= 0.6 is 39.1 Å². The van der Waals surface area contributed by atoms with Gasteiger partial charge in [0, 0.05) is 17.1 Å². The highest BCUT2D eigenvalue weighted by atomic mass is 79.9. The van der Waals surface area contributed by atoms with Crippen molar-refractivity contribution in [1.29, 1.82) is 0 Å². The Balaban J connectivity index is 2.40. The van der Waals surface area contributed by atoms with Gasteiger partial charge in [-0.25, -0.2) is 8.42 Å². The Morgan fingerprint density at radius 2 is 1.64 bits per heavy atom. The molecule has 0 saturated carbocycles. The van der Waals surface area contributed by atoms with Crippen LogP contribution in [0.25, 0.3) is 0 Å². The van der Waals surface area contributed by atoms with Gasteiger partial charge in [-0.15, -0.1) is 0 Å². The van der Waals surface area contributed by atoms with E-state index >= 15 is 0 Å². The highest BCUT2D eigenvalue weighted by Gasteiger charge is 2.30. The third-order valence-electron chi connectivity index (χ3n) is 4.73. The lowest BCUT2D eigenvalue weighted by Gasteiger charge is -2.32. The first-order valence-corrected chi connectivity index (χ1v) is 13.5. The summed E-state index contributed by atoms with van der Waals surface area (Å²) in [5.74, 6) is -0.878. The summed E-state index contributed by atoms with van der Waals surface area (Å²) in [6.45, 7) is 4.87. The lowest BCUT2D eigenvalue weighted by Crippen LogP contribution is -2.52. The van der Waals surface area contributed by atoms with Gasteiger partial charge in [-0.05, 0) is 56.7 Å². The molecule has 0 aliphatic rings. The average molecular weight is 579 g/mol. The van der Waals surface area contributed by atoms with Crippen LogP contribution in [0.4, 0.5) is 5.69 Å². The maximum atomic E-state index is 13.4. The molecule has 180 valence electrons. The second kappa shape index (κ2) is 11.6. The quantitative estimate of drug-likeness (QED) is 0.476. The Hall–Kier alpha value is -1.81. The lowest BCUT2D eigenvalue weighted by molar-refractivity contribution is -0.139. The number of carbonyl (C=O) groups excluding carboxylic acids is 2. The number of halogens is 3. The maximum Gasteiger partial charge on any atom is 0.244 e. The van der Waals surface area contributed by atoms with Crippen LogP contribution < -0.4 is 9.62 Å². The largest absolute Gasteiger partial charge is 0.352 e. The van der Waals surface area contributed by atoms with Gasteiger partial charge in [0.2, 0.25) is 21.8 Å². The molecule has 0 radical (unpaired) electrons. The van der Waals surface area contributed by atoms with Crippen molar-refractivity contribution in [3.8, 4) is 0 Å². The molecule has 2 aromatic carbocycles. The number of hydrogen-bond donors (Lipinski definition) is 1. The molecule has 0 bridgehead atoms. The van der Waals surface area contributed by atoms with Crippen LogP contribution in [0.1, 0.15) is 26.3 Å². The minimum Gasteiger partial charge on any atom is -0.352 e. The maximum absolute atomic E-state index is 13.4. The van der Waals surface area contributed by atoms with Gasteiger partial charge in [0.25, 0.3) is 0 Å². The standard InChI is InChI=1S/C22H26BrCl2N3O4S/c1-14(2)26-22(30)15(3)27(12-16-5-7-17(23)8-6-16)21(29)13-28(33(4,31)32)18-9-10-19(24)20(25)11-18/h5-11,14-15H,12-13H2,1-4H3,(H,26,30). The number of carbonyl (C=O) groups is 2. The van der Waals surface area contributed by atoms with Gasteiger partial charge in [0.15, 0.2) is 0 Å². The molecule has 0 aliphatic heterocycles. The Morgan fingerprint density at radius 3 is 2.15 bits per heavy atom. The van der Waals surface area contributed by atoms with Gasteiger partial charge in [0.05, 0.1) is 22.0 Å². The molecule has 1 N–H and O–H groups in total. The van der Waals surface area contributed by atoms with Gasteiger partial charge < -0.3 is 10.2 Å². The fourth-order valence-electron chi connectivity index (χ4n) is 3.03. The molecule has 0 saturated heterocycles. The van der Waals surface area contributed by atoms with Crippen molar-refractivity contribution >= 4 is 66.7 Å². The minimum absolute atomic E-state index is 0.117. The molecule has 0 aromatic heterocycles. The molecule has 1 unspecified atom stereocenters. The molecular weight excluding hydrogens is 553 g/mol. The molecule has 0 aliphatic carbocycles. The van der Waals surface area contributed by atoms with Crippen LogP contribution in [0.5, 0.6) is 0 Å². The van der Waals surface area contributed by atoms with Crippen LogP contribution in [-0.4, -0.2) is 50.0 Å². The third kappa shape index (κ3) is 7.88. The van der Waals surface area contributed by atoms with Crippen LogP contribution in [0.3, 0.4) is 0 Å². The van der Waals surface area contributed by atoms with E-state index in [2.05, 4.69) is 21.2 Å². The van der Waals surface area contributed by atoms with E-state index in [1.54, 1.807) is 6.92 Å². The van der Waals surface area contributed by atoms with Gasteiger partial charge in [-0.3, -0.25) is 13.9 Å². The molecule has 2 amide bonds. The van der Waals surface area contributed by atoms with E-state index in [0.717, 1.165) is 20.6 Å². The monoisotopic (exact) mass is 577 g/mol. The molecule has 7 nitrogen and oxygen atoms in total. The van der Waals surface area contributed by atoms with E-state index in [9.17, 15) is 18.0 Å². The van der Waals surface area contributed by atoms with Crippen molar-refractivity contribution < 1.29 is 18.0 Å². The number of nitrogens with zero attached hydrogens (tertiary/aromatic N) is 2. The van der Waals surface area contributed by atoms with Crippen LogP contribution in [0, 0.1) is 0 Å². The smallest absolute Gasteiger partial charge is 0.244 e. The highest BCUT2D eigenvalue weighted by Crippen LogP contribution is 2.28. The lowest BCUT2D eigenvalue weighted by atomic mass is 10.1. The van der Waals surface area contributed by atoms with Crippen LogP contribution in [0.15, 0.2) is 46.9 Å². The zero-order valence-electron chi connectivity index (χ0n) is 18.7. The number of rotatable bonds is 9. The van der Waals surface area contributed by atoms with Crippen molar-refractivity contribution in [3.05, 3.63) is 62.5 Å². The summed E-state index contributed by atoms with van der Waals surface area (Å²) in [6.07, 6.45) is 0.997. The summed E-state index contributed by atoms with van der Waals surface area (Å²) in [5, 5.41) is 3.22. The molecule has 0 heterocycles. The fraction of sp³-hybridized carbons (Fsp3) is 0.364. The number of amides is 2. The zero-order chi connectivity index (χ0) is 24.9. The average Bonchev–Trinajstić information content (AvgIpc) is 2.71. The third-order valence-corrected chi connectivity index (χ3v) is 7.14. The summed E-state index contributed by atoms with van der Waals surface area (Å²) in [7, 11) is -3.84. The van der Waals surface area contributed by atoms with E-state index in [-0.39, 0.29) is 34.2 Å². The molecule has 2 rings (SSSR count). The van der Waals surface area contributed by atoms with E-state index in [0.29, 0.717) is 0 Å². The van der Waals surface area contributed by atoms with E-state index in [1.165, 1.54) is 23.1 Å². The summed E-state index contributed by atoms with van der Waals surface area (Å²) < 4.78 is 26.9. The molecule has 2 aromatic rings. The predicted octanol–water partition coefficient (Wildman–Crippen LogP) is 4.46. The number of anilines is 1. The highest BCUT2D eigenvalue weighted by molar-refractivity contribution is 9.10. The Labute approximate surface area is 213 Å². The van der Waals surface area contributed by atoms with E-state index in [4.69, 9.17) is 23.2 Å². The molecule has 0 fully saturated rings. The Morgan fingerprint density at radius 1 is 1.03 bits per heavy atom. The van der Waals surface area contributed by atoms with Gasteiger partial charge in [-0.1, -0.05) is 51.3 Å². The van der Waals surface area contributed by atoms with Gasteiger partial charge >= 0.3 is 0 Å². The zero-order valence-corrected chi connectivity index (χ0v) is 22.6. The first kappa shape index (κ1) is 27.4. The van der Waals surface area contributed by atoms with E-state index in [1.807, 2.05) is 38.1 Å². The molecule has 33 heavy (non-hydrogen) atoms. The van der Waals surface area contributed by atoms with E-state index < -0.39 is 28.5 Å². The summed E-state index contributed by atoms with van der Waals surface area (Å²) in [5.41, 5.74) is 0.985. The molecular formula is C22H26BrCl2N3O4S. The SMILES string of the molecule is CC(C)NC(=O)C(C)N(Cc1ccc(Br)cc1)C(=O)CN(c1ccc(Cl)c(Cl)c1)S(C)(=O)=O. The predicted molar refractivity (Wildman–Crippen MR) is 136 cm³/mol. The Bertz CT molecular complexity index is 1110. The molecule has 11 heteroatoms. The van der Waals surface area contributed by atoms with Crippen molar-refractivity contribution in [2.24, 2.45) is 0 Å². The van der Waals surface area contributed by atoms with Crippen molar-refractivity contribution in [2.45, 2.75) is 39.4 Å². The topological polar surface area (TPSA) is 86.8 Å². The minimum atomic E-state index is -3.84.